The average Bonchev–Trinajstić information content (AvgIpc) is 3.00. The predicted molar refractivity (Wildman–Crippen MR) is 81.0 cm³/mol. The highest BCUT2D eigenvalue weighted by molar-refractivity contribution is 5.78. The van der Waals surface area contributed by atoms with E-state index in [4.69, 9.17) is 9.47 Å². The largest absolute Gasteiger partial charge is 0.486 e. The van der Waals surface area contributed by atoms with Crippen molar-refractivity contribution >= 4 is 5.91 Å². The number of hydrogen-bond acceptors (Lipinski definition) is 5. The quantitative estimate of drug-likeness (QED) is 0.824. The Morgan fingerprint density at radius 1 is 1.36 bits per heavy atom. The van der Waals surface area contributed by atoms with Crippen molar-refractivity contribution in [3.05, 3.63) is 24.3 Å². The zero-order valence-electron chi connectivity index (χ0n) is 12.5. The Hall–Kier alpha value is -1.79. The molecule has 0 saturated carbocycles. The standard InChI is InChI=1S/C16H22N2O4/c19-10-12-4-3-7-18(12)9-16(20)17-8-13-11-21-14-5-1-2-6-15(14)22-13/h1-2,5-6,12-13,19H,3-4,7-11H2,(H,17,20)/t12-,13-/m0/s1. The second-order valence-electron chi connectivity index (χ2n) is 5.75. The van der Waals surface area contributed by atoms with E-state index in [1.54, 1.807) is 0 Å². The van der Waals surface area contributed by atoms with Crippen LogP contribution in [-0.2, 0) is 4.79 Å². The summed E-state index contributed by atoms with van der Waals surface area (Å²) in [5.74, 6) is 1.42. The van der Waals surface area contributed by atoms with Gasteiger partial charge in [0.25, 0.3) is 0 Å². The van der Waals surface area contributed by atoms with E-state index >= 15 is 0 Å². The van der Waals surface area contributed by atoms with Crippen molar-refractivity contribution in [3.8, 4) is 11.5 Å². The van der Waals surface area contributed by atoms with Gasteiger partial charge in [-0.25, -0.2) is 0 Å². The molecule has 0 aromatic heterocycles. The van der Waals surface area contributed by atoms with Crippen LogP contribution < -0.4 is 14.8 Å². The molecule has 0 spiro atoms. The highest BCUT2D eigenvalue weighted by Gasteiger charge is 2.26. The first-order valence-electron chi connectivity index (χ1n) is 7.76. The minimum Gasteiger partial charge on any atom is -0.486 e. The molecule has 6 heteroatoms. The zero-order chi connectivity index (χ0) is 15.4. The summed E-state index contributed by atoms with van der Waals surface area (Å²) < 4.78 is 11.4. The summed E-state index contributed by atoms with van der Waals surface area (Å²) in [6.45, 7) is 2.17. The van der Waals surface area contributed by atoms with Gasteiger partial charge in [-0.2, -0.15) is 0 Å². The van der Waals surface area contributed by atoms with E-state index in [0.717, 1.165) is 25.1 Å². The molecule has 2 heterocycles. The number of rotatable bonds is 5. The van der Waals surface area contributed by atoms with E-state index in [9.17, 15) is 9.90 Å². The molecule has 1 aromatic rings. The summed E-state index contributed by atoms with van der Waals surface area (Å²) >= 11 is 0. The Labute approximate surface area is 130 Å². The van der Waals surface area contributed by atoms with Crippen molar-refractivity contribution in [2.75, 3.05) is 32.8 Å². The molecule has 0 aliphatic carbocycles. The van der Waals surface area contributed by atoms with Gasteiger partial charge >= 0.3 is 0 Å². The van der Waals surface area contributed by atoms with Crippen LogP contribution in [-0.4, -0.2) is 60.9 Å². The van der Waals surface area contributed by atoms with E-state index in [1.165, 1.54) is 0 Å². The summed E-state index contributed by atoms with van der Waals surface area (Å²) in [4.78, 5) is 14.0. The highest BCUT2D eigenvalue weighted by Crippen LogP contribution is 2.30. The van der Waals surface area contributed by atoms with Gasteiger partial charge in [0, 0.05) is 6.04 Å². The first-order chi connectivity index (χ1) is 10.8. The Bertz CT molecular complexity index is 523. The SMILES string of the molecule is O=C(CN1CCC[C@H]1CO)NC[C@H]1COc2ccccc2O1. The van der Waals surface area contributed by atoms with Crippen molar-refractivity contribution in [1.29, 1.82) is 0 Å². The molecule has 22 heavy (non-hydrogen) atoms. The van der Waals surface area contributed by atoms with Crippen molar-refractivity contribution in [3.63, 3.8) is 0 Å². The molecule has 0 unspecified atom stereocenters. The van der Waals surface area contributed by atoms with Crippen LogP contribution in [0.25, 0.3) is 0 Å². The molecule has 2 atom stereocenters. The molecule has 6 nitrogen and oxygen atoms in total. The van der Waals surface area contributed by atoms with E-state index in [0.29, 0.717) is 25.4 Å². The van der Waals surface area contributed by atoms with Gasteiger partial charge in [0.05, 0.1) is 19.7 Å². The number of nitrogens with zero attached hydrogens (tertiary/aromatic N) is 1. The molecule has 1 amide bonds. The number of para-hydroxylation sites is 2. The molecule has 1 fully saturated rings. The van der Waals surface area contributed by atoms with Gasteiger partial charge in [-0.05, 0) is 31.5 Å². The number of benzene rings is 1. The number of carbonyl (C=O) groups is 1. The molecular weight excluding hydrogens is 284 g/mol. The lowest BCUT2D eigenvalue weighted by Crippen LogP contribution is -2.45. The first kappa shape index (κ1) is 15.1. The Morgan fingerprint density at radius 3 is 3.00 bits per heavy atom. The van der Waals surface area contributed by atoms with E-state index < -0.39 is 0 Å². The van der Waals surface area contributed by atoms with Crippen LogP contribution in [0.3, 0.4) is 0 Å². The molecule has 1 aromatic carbocycles. The maximum absolute atomic E-state index is 12.0. The predicted octanol–water partition coefficient (Wildman–Crippen LogP) is 0.399. The van der Waals surface area contributed by atoms with Crippen molar-refractivity contribution in [2.45, 2.75) is 25.0 Å². The second-order valence-corrected chi connectivity index (χ2v) is 5.75. The second kappa shape index (κ2) is 6.98. The summed E-state index contributed by atoms with van der Waals surface area (Å²) in [5, 5.41) is 12.2. The smallest absolute Gasteiger partial charge is 0.234 e. The number of ether oxygens (including phenoxy) is 2. The number of nitrogens with one attached hydrogen (secondary N) is 1. The van der Waals surface area contributed by atoms with Crippen LogP contribution in [0.5, 0.6) is 11.5 Å². The lowest BCUT2D eigenvalue weighted by molar-refractivity contribution is -0.123. The fourth-order valence-corrected chi connectivity index (χ4v) is 2.94. The number of carbonyl (C=O) groups excluding carboxylic acids is 1. The summed E-state index contributed by atoms with van der Waals surface area (Å²) in [5.41, 5.74) is 0. The van der Waals surface area contributed by atoms with Gasteiger partial charge in [-0.1, -0.05) is 12.1 Å². The van der Waals surface area contributed by atoms with Gasteiger partial charge in [0.1, 0.15) is 12.7 Å². The first-order valence-corrected chi connectivity index (χ1v) is 7.76. The monoisotopic (exact) mass is 306 g/mol. The molecule has 2 N–H and O–H groups in total. The third-order valence-electron chi connectivity index (χ3n) is 4.15. The number of aliphatic hydroxyl groups excluding tert-OH is 1. The van der Waals surface area contributed by atoms with Crippen molar-refractivity contribution < 1.29 is 19.4 Å². The Morgan fingerprint density at radius 2 is 2.18 bits per heavy atom. The molecule has 120 valence electrons. The van der Waals surface area contributed by atoms with Crippen molar-refractivity contribution in [1.82, 2.24) is 10.2 Å². The number of aliphatic hydroxyl groups is 1. The molecule has 2 aliphatic heterocycles. The molecule has 2 aliphatic rings. The number of hydrogen-bond donors (Lipinski definition) is 2. The fraction of sp³-hybridized carbons (Fsp3) is 0.562. The van der Waals surface area contributed by atoms with Crippen LogP contribution in [0.1, 0.15) is 12.8 Å². The maximum Gasteiger partial charge on any atom is 0.234 e. The van der Waals surface area contributed by atoms with Crippen LogP contribution in [0.4, 0.5) is 0 Å². The minimum atomic E-state index is -0.175. The lowest BCUT2D eigenvalue weighted by atomic mass is 10.2. The van der Waals surface area contributed by atoms with Crippen molar-refractivity contribution in [2.24, 2.45) is 0 Å². The summed E-state index contributed by atoms with van der Waals surface area (Å²) in [6.07, 6.45) is 1.82. The average molecular weight is 306 g/mol. The fourth-order valence-electron chi connectivity index (χ4n) is 2.94. The molecule has 3 rings (SSSR count). The van der Waals surface area contributed by atoms with Gasteiger partial charge in [0.15, 0.2) is 11.5 Å². The van der Waals surface area contributed by atoms with E-state index in [1.807, 2.05) is 29.2 Å². The number of likely N-dealkylation sites (tertiary alicyclic amines) is 1. The van der Waals surface area contributed by atoms with E-state index in [-0.39, 0.29) is 24.7 Å². The molecule has 0 bridgehead atoms. The Kier molecular flexibility index (Phi) is 4.80. The number of fused-ring (bicyclic) bond motifs is 1. The van der Waals surface area contributed by atoms with Gasteiger partial charge in [-0.15, -0.1) is 0 Å². The van der Waals surface area contributed by atoms with Gasteiger partial charge in [-0.3, -0.25) is 9.69 Å². The third-order valence-corrected chi connectivity index (χ3v) is 4.15. The van der Waals surface area contributed by atoms with Gasteiger partial charge < -0.3 is 19.9 Å². The highest BCUT2D eigenvalue weighted by atomic mass is 16.6. The van der Waals surface area contributed by atoms with Crippen LogP contribution >= 0.6 is 0 Å². The van der Waals surface area contributed by atoms with Crippen LogP contribution in [0, 0.1) is 0 Å². The normalized spacial score (nSPS) is 24.2. The van der Waals surface area contributed by atoms with E-state index in [2.05, 4.69) is 5.32 Å². The maximum atomic E-state index is 12.0. The lowest BCUT2D eigenvalue weighted by Gasteiger charge is -2.27. The molecule has 0 radical (unpaired) electrons. The topological polar surface area (TPSA) is 71.0 Å². The van der Waals surface area contributed by atoms with Crippen LogP contribution in [0.15, 0.2) is 24.3 Å². The summed E-state index contributed by atoms with van der Waals surface area (Å²) in [7, 11) is 0. The molecule has 1 saturated heterocycles. The number of amides is 1. The minimum absolute atomic E-state index is 0.0391. The molecular formula is C16H22N2O4. The van der Waals surface area contributed by atoms with Gasteiger partial charge in [0.2, 0.25) is 5.91 Å². The Balaban J connectivity index is 1.44. The third kappa shape index (κ3) is 3.51. The van der Waals surface area contributed by atoms with Crippen LogP contribution in [0.2, 0.25) is 0 Å². The summed E-state index contributed by atoms with van der Waals surface area (Å²) in [6, 6.07) is 7.64. The zero-order valence-corrected chi connectivity index (χ0v) is 12.5.